The normalized spacial score (nSPS) is 14.0. The van der Waals surface area contributed by atoms with Crippen LogP contribution < -0.4 is 9.80 Å². The molecule has 0 spiro atoms. The molecule has 1 unspecified atom stereocenters. The zero-order chi connectivity index (χ0) is 39.3. The Kier molecular flexibility index (Phi) is 13.1. The maximum absolute atomic E-state index is 4.52. The number of allylic oxidation sites excluding steroid dienone is 15. The van der Waals surface area contributed by atoms with Gasteiger partial charge in [-0.3, -0.25) is 0 Å². The van der Waals surface area contributed by atoms with Gasteiger partial charge in [0, 0.05) is 40.1 Å². The third kappa shape index (κ3) is 9.60. The number of anilines is 5. The molecule has 276 valence electrons. The Morgan fingerprint density at radius 1 is 0.536 bits per heavy atom. The van der Waals surface area contributed by atoms with Crippen LogP contribution in [0, 0.1) is 0 Å². The van der Waals surface area contributed by atoms with Gasteiger partial charge in [-0.25, -0.2) is 0 Å². The van der Waals surface area contributed by atoms with Gasteiger partial charge in [-0.05, 0) is 126 Å². The second kappa shape index (κ2) is 18.9. The molecule has 2 nitrogen and oxygen atoms in total. The van der Waals surface area contributed by atoms with E-state index in [4.69, 9.17) is 0 Å². The summed E-state index contributed by atoms with van der Waals surface area (Å²) in [5, 5.41) is 0. The summed E-state index contributed by atoms with van der Waals surface area (Å²) >= 11 is 0. The van der Waals surface area contributed by atoms with Gasteiger partial charge in [-0.2, -0.15) is 0 Å². The molecule has 0 heterocycles. The van der Waals surface area contributed by atoms with Crippen LogP contribution in [-0.2, 0) is 0 Å². The van der Waals surface area contributed by atoms with Crippen molar-refractivity contribution in [2.75, 3.05) is 9.80 Å². The van der Waals surface area contributed by atoms with Gasteiger partial charge in [0.25, 0.3) is 0 Å². The monoisotopic (exact) mass is 726 g/mol. The van der Waals surface area contributed by atoms with Gasteiger partial charge in [0.2, 0.25) is 0 Å². The van der Waals surface area contributed by atoms with E-state index in [1.165, 1.54) is 16.7 Å². The van der Waals surface area contributed by atoms with Gasteiger partial charge in [0.15, 0.2) is 0 Å². The largest absolute Gasteiger partial charge is 0.311 e. The van der Waals surface area contributed by atoms with Crippen molar-refractivity contribution in [3.05, 3.63) is 260 Å². The highest BCUT2D eigenvalue weighted by Gasteiger charge is 2.15. The van der Waals surface area contributed by atoms with Crippen molar-refractivity contribution in [2.45, 2.75) is 26.2 Å². The first-order valence-electron chi connectivity index (χ1n) is 19.1. The van der Waals surface area contributed by atoms with Crippen LogP contribution in [0.2, 0.25) is 0 Å². The van der Waals surface area contributed by atoms with Crippen LogP contribution in [0.5, 0.6) is 0 Å². The summed E-state index contributed by atoms with van der Waals surface area (Å²) in [6, 6.07) is 46.7. The summed E-state index contributed by atoms with van der Waals surface area (Å²) < 4.78 is 0. The Bertz CT molecular complexity index is 2290. The van der Waals surface area contributed by atoms with Crippen LogP contribution in [0.25, 0.3) is 11.1 Å². The molecule has 2 heteroatoms. The van der Waals surface area contributed by atoms with Crippen molar-refractivity contribution in [1.29, 1.82) is 0 Å². The lowest BCUT2D eigenvalue weighted by molar-refractivity contribution is 0.853. The molecule has 0 radical (unpaired) electrons. The molecular weight excluding hydrogens is 677 g/mol. The Hall–Kier alpha value is -6.90. The molecule has 0 amide bonds. The van der Waals surface area contributed by atoms with Crippen LogP contribution in [0.4, 0.5) is 28.4 Å². The predicted octanol–water partition coefficient (Wildman–Crippen LogP) is 15.3. The first-order chi connectivity index (χ1) is 27.4. The number of benzene rings is 5. The minimum atomic E-state index is 0.387. The fraction of sp³-hybridized carbons (Fsp3) is 0.0741. The summed E-state index contributed by atoms with van der Waals surface area (Å²) in [6.07, 6.45) is 24.0. The second-order valence-corrected chi connectivity index (χ2v) is 13.7. The van der Waals surface area contributed by atoms with E-state index in [-0.39, 0.29) is 0 Å². The van der Waals surface area contributed by atoms with Gasteiger partial charge in [0.05, 0.1) is 0 Å². The Morgan fingerprint density at radius 3 is 1.59 bits per heavy atom. The number of hydrogen-bond acceptors (Lipinski definition) is 2. The Labute approximate surface area is 334 Å². The molecular formula is C54H50N2. The topological polar surface area (TPSA) is 6.48 Å². The fourth-order valence-electron chi connectivity index (χ4n) is 6.73. The van der Waals surface area contributed by atoms with Crippen molar-refractivity contribution in [3.8, 4) is 0 Å². The van der Waals surface area contributed by atoms with E-state index in [1.54, 1.807) is 0 Å². The van der Waals surface area contributed by atoms with Gasteiger partial charge in [0.1, 0.15) is 0 Å². The van der Waals surface area contributed by atoms with Crippen molar-refractivity contribution in [2.24, 2.45) is 0 Å². The van der Waals surface area contributed by atoms with Gasteiger partial charge in [-0.15, -0.1) is 0 Å². The van der Waals surface area contributed by atoms with Crippen molar-refractivity contribution >= 4 is 39.6 Å². The molecule has 56 heavy (non-hydrogen) atoms. The number of nitrogens with zero attached hydrogens (tertiary/aromatic N) is 2. The average molecular weight is 727 g/mol. The molecule has 0 saturated carbocycles. The fourth-order valence-corrected chi connectivity index (χ4v) is 6.73. The molecule has 0 aromatic heterocycles. The molecule has 0 saturated heterocycles. The first-order valence-corrected chi connectivity index (χ1v) is 19.1. The van der Waals surface area contributed by atoms with E-state index in [0.29, 0.717) is 5.92 Å². The molecule has 0 bridgehead atoms. The third-order valence-corrected chi connectivity index (χ3v) is 9.86. The molecule has 1 atom stereocenters. The number of rotatable bonds is 15. The SMILES string of the molecule is C=C(/C=C\C(=C)c1ccc(N(c2ccccc2)c2ccccc2)cc1)C(=C)/C=C\C(=C)N(c1ccc(C(/C=C\C)=C/C)cc1)c1ccc(C2C=CC=CC2)cc1. The van der Waals surface area contributed by atoms with Crippen LogP contribution in [0.1, 0.15) is 42.9 Å². The highest BCUT2D eigenvalue weighted by atomic mass is 15.1. The predicted molar refractivity (Wildman–Crippen MR) is 245 cm³/mol. The molecule has 1 aliphatic rings. The zero-order valence-electron chi connectivity index (χ0n) is 32.6. The van der Waals surface area contributed by atoms with E-state index in [1.807, 2.05) is 43.4 Å². The third-order valence-electron chi connectivity index (χ3n) is 9.86. The van der Waals surface area contributed by atoms with Gasteiger partial charge >= 0.3 is 0 Å². The second-order valence-electron chi connectivity index (χ2n) is 13.7. The molecule has 0 fully saturated rings. The van der Waals surface area contributed by atoms with E-state index in [9.17, 15) is 0 Å². The minimum Gasteiger partial charge on any atom is -0.311 e. The quantitative estimate of drug-likeness (QED) is 0.0991. The van der Waals surface area contributed by atoms with Gasteiger partial charge < -0.3 is 9.80 Å². The number of hydrogen-bond donors (Lipinski definition) is 0. The van der Waals surface area contributed by atoms with E-state index in [0.717, 1.165) is 62.8 Å². The maximum atomic E-state index is 4.52. The molecule has 6 rings (SSSR count). The summed E-state index contributed by atoms with van der Waals surface area (Å²) in [5.41, 5.74) is 13.3. The van der Waals surface area contributed by atoms with Crippen molar-refractivity contribution in [3.63, 3.8) is 0 Å². The summed E-state index contributed by atoms with van der Waals surface area (Å²) in [5.74, 6) is 0.387. The van der Waals surface area contributed by atoms with Crippen molar-refractivity contribution in [1.82, 2.24) is 0 Å². The molecule has 5 aromatic carbocycles. The summed E-state index contributed by atoms with van der Waals surface area (Å²) in [4.78, 5) is 4.43. The Morgan fingerprint density at radius 2 is 1.05 bits per heavy atom. The smallest absolute Gasteiger partial charge is 0.0462 e. The molecule has 5 aromatic rings. The standard InChI is InChI=1S/C54H50N2/c1-7-18-45(8-2)48-31-37-52(38-32-48)55(53-39-33-49(34-40-53)47-19-12-9-13-20-47)44(6)28-27-42(4)41(3)25-26-43(5)46-29-35-54(36-30-46)56(50-21-14-10-15-22-50)51-23-16-11-17-24-51/h7-19,21-40,47H,3-6,20H2,1-2H3/b18-7-,26-25-,28-27-,45-8+. The highest BCUT2D eigenvalue weighted by molar-refractivity contribution is 5.80. The minimum absolute atomic E-state index is 0.387. The molecule has 0 aliphatic heterocycles. The maximum Gasteiger partial charge on any atom is 0.0462 e. The summed E-state index contributed by atoms with van der Waals surface area (Å²) in [7, 11) is 0. The summed E-state index contributed by atoms with van der Waals surface area (Å²) in [6.45, 7) is 21.6. The lowest BCUT2D eigenvalue weighted by Crippen LogP contribution is -2.14. The van der Waals surface area contributed by atoms with Crippen LogP contribution in [0.15, 0.2) is 243 Å². The molecule has 1 aliphatic carbocycles. The van der Waals surface area contributed by atoms with Crippen molar-refractivity contribution < 1.29 is 0 Å². The van der Waals surface area contributed by atoms with E-state index in [2.05, 4.69) is 207 Å². The highest BCUT2D eigenvalue weighted by Crippen LogP contribution is 2.36. The Balaban J connectivity index is 1.16. The van der Waals surface area contributed by atoms with E-state index >= 15 is 0 Å². The van der Waals surface area contributed by atoms with Crippen LogP contribution in [0.3, 0.4) is 0 Å². The molecule has 0 N–H and O–H groups in total. The average Bonchev–Trinajstić information content (AvgIpc) is 3.25. The van der Waals surface area contributed by atoms with Crippen LogP contribution in [-0.4, -0.2) is 0 Å². The number of para-hydroxylation sites is 2. The van der Waals surface area contributed by atoms with E-state index < -0.39 is 0 Å². The van der Waals surface area contributed by atoms with Crippen LogP contribution >= 0.6 is 0 Å². The first kappa shape index (κ1) is 38.8. The van der Waals surface area contributed by atoms with Gasteiger partial charge in [-0.1, -0.05) is 160 Å². The lowest BCUT2D eigenvalue weighted by atomic mass is 9.92. The lowest BCUT2D eigenvalue weighted by Gasteiger charge is -2.26. The zero-order valence-corrected chi connectivity index (χ0v) is 32.6.